The van der Waals surface area contributed by atoms with Gasteiger partial charge >= 0.3 is 0 Å². The molecule has 1 N–H and O–H groups in total. The number of carbonyl (C=O) groups excluding carboxylic acids is 2. The van der Waals surface area contributed by atoms with Crippen LogP contribution in [-0.4, -0.2) is 27.4 Å². The van der Waals surface area contributed by atoms with E-state index in [1.807, 2.05) is 19.1 Å². The Morgan fingerprint density at radius 2 is 2.12 bits per heavy atom. The number of hydrogen-bond acceptors (Lipinski definition) is 3. The SMILES string of the molecule is Cc1cccc2c1CN1C(=O)CCC1(O)C2=O. The Morgan fingerprint density at radius 3 is 2.88 bits per heavy atom. The molecule has 0 bridgehead atoms. The molecule has 88 valence electrons. The van der Waals surface area contributed by atoms with E-state index in [4.69, 9.17) is 0 Å². The highest BCUT2D eigenvalue weighted by Gasteiger charge is 2.53. The molecule has 4 heteroatoms. The predicted octanol–water partition coefficient (Wildman–Crippen LogP) is 1.00. The van der Waals surface area contributed by atoms with Crippen LogP contribution >= 0.6 is 0 Å². The van der Waals surface area contributed by atoms with Crippen LogP contribution in [0.2, 0.25) is 0 Å². The van der Waals surface area contributed by atoms with Crippen molar-refractivity contribution in [2.45, 2.75) is 32.0 Å². The van der Waals surface area contributed by atoms with Crippen LogP contribution in [0.5, 0.6) is 0 Å². The highest BCUT2D eigenvalue weighted by molar-refractivity contribution is 6.07. The number of ketones is 1. The second kappa shape index (κ2) is 3.17. The Hall–Kier alpha value is -1.68. The van der Waals surface area contributed by atoms with Crippen LogP contribution in [0.3, 0.4) is 0 Å². The van der Waals surface area contributed by atoms with Gasteiger partial charge in [0, 0.05) is 24.9 Å². The van der Waals surface area contributed by atoms with Crippen LogP contribution < -0.4 is 0 Å². The molecule has 0 radical (unpaired) electrons. The lowest BCUT2D eigenvalue weighted by atomic mass is 9.88. The summed E-state index contributed by atoms with van der Waals surface area (Å²) in [5.41, 5.74) is 0.797. The van der Waals surface area contributed by atoms with E-state index >= 15 is 0 Å². The number of nitrogens with zero attached hydrogens (tertiary/aromatic N) is 1. The van der Waals surface area contributed by atoms with Crippen molar-refractivity contribution < 1.29 is 14.7 Å². The van der Waals surface area contributed by atoms with Crippen LogP contribution in [-0.2, 0) is 11.3 Å². The Balaban J connectivity index is 2.20. The zero-order chi connectivity index (χ0) is 12.2. The summed E-state index contributed by atoms with van der Waals surface area (Å²) < 4.78 is 0. The van der Waals surface area contributed by atoms with E-state index in [1.165, 1.54) is 4.90 Å². The summed E-state index contributed by atoms with van der Waals surface area (Å²) in [6.45, 7) is 2.25. The first-order valence-corrected chi connectivity index (χ1v) is 5.70. The van der Waals surface area contributed by atoms with Crippen molar-refractivity contribution in [2.75, 3.05) is 0 Å². The molecular weight excluding hydrogens is 218 g/mol. The zero-order valence-corrected chi connectivity index (χ0v) is 9.56. The summed E-state index contributed by atoms with van der Waals surface area (Å²) in [7, 11) is 0. The van der Waals surface area contributed by atoms with E-state index in [0.717, 1.165) is 11.1 Å². The number of hydrogen-bond donors (Lipinski definition) is 1. The summed E-state index contributed by atoms with van der Waals surface area (Å²) in [5.74, 6) is -0.483. The van der Waals surface area contributed by atoms with Gasteiger partial charge in [0.05, 0.1) is 0 Å². The number of carbonyl (C=O) groups is 2. The molecule has 1 amide bonds. The topological polar surface area (TPSA) is 57.6 Å². The largest absolute Gasteiger partial charge is 0.364 e. The number of amides is 1. The van der Waals surface area contributed by atoms with Gasteiger partial charge in [-0.3, -0.25) is 9.59 Å². The molecule has 1 atom stereocenters. The Kier molecular flexibility index (Phi) is 1.95. The van der Waals surface area contributed by atoms with Crippen molar-refractivity contribution >= 4 is 11.7 Å². The van der Waals surface area contributed by atoms with E-state index in [1.54, 1.807) is 6.07 Å². The molecule has 2 heterocycles. The summed E-state index contributed by atoms with van der Waals surface area (Å²) in [6, 6.07) is 5.45. The molecule has 4 nitrogen and oxygen atoms in total. The molecule has 2 aliphatic heterocycles. The van der Waals surface area contributed by atoms with Gasteiger partial charge in [0.1, 0.15) is 0 Å². The van der Waals surface area contributed by atoms with E-state index < -0.39 is 5.72 Å². The second-order valence-corrected chi connectivity index (χ2v) is 4.73. The van der Waals surface area contributed by atoms with E-state index in [9.17, 15) is 14.7 Å². The van der Waals surface area contributed by atoms with Gasteiger partial charge in [0.25, 0.3) is 0 Å². The van der Waals surface area contributed by atoms with Gasteiger partial charge in [-0.15, -0.1) is 0 Å². The maximum atomic E-state index is 12.3. The van der Waals surface area contributed by atoms with E-state index in [-0.39, 0.29) is 24.5 Å². The van der Waals surface area contributed by atoms with Gasteiger partial charge in [-0.25, -0.2) is 0 Å². The molecule has 0 aromatic heterocycles. The smallest absolute Gasteiger partial charge is 0.225 e. The lowest BCUT2D eigenvalue weighted by Crippen LogP contribution is -2.54. The van der Waals surface area contributed by atoms with Crippen molar-refractivity contribution in [3.8, 4) is 0 Å². The van der Waals surface area contributed by atoms with Gasteiger partial charge in [-0.1, -0.05) is 18.2 Å². The Morgan fingerprint density at radius 1 is 1.35 bits per heavy atom. The molecule has 1 fully saturated rings. The maximum absolute atomic E-state index is 12.3. The molecule has 1 saturated heterocycles. The Bertz CT molecular complexity index is 537. The first-order valence-electron chi connectivity index (χ1n) is 5.70. The van der Waals surface area contributed by atoms with Crippen molar-refractivity contribution in [1.29, 1.82) is 0 Å². The quantitative estimate of drug-likeness (QED) is 0.724. The van der Waals surface area contributed by atoms with E-state index in [2.05, 4.69) is 0 Å². The molecule has 0 saturated carbocycles. The highest BCUT2D eigenvalue weighted by Crippen LogP contribution is 2.38. The number of Topliss-reactive ketones (excluding diaryl/α,β-unsaturated/α-hetero) is 1. The molecule has 1 unspecified atom stereocenters. The fourth-order valence-corrected chi connectivity index (χ4v) is 2.71. The maximum Gasteiger partial charge on any atom is 0.225 e. The van der Waals surface area contributed by atoms with Gasteiger partial charge < -0.3 is 10.0 Å². The lowest BCUT2D eigenvalue weighted by Gasteiger charge is -2.37. The summed E-state index contributed by atoms with van der Waals surface area (Å²) >= 11 is 0. The summed E-state index contributed by atoms with van der Waals surface area (Å²) in [6.07, 6.45) is 0.452. The molecule has 0 aliphatic carbocycles. The van der Waals surface area contributed by atoms with Crippen LogP contribution in [0, 0.1) is 6.92 Å². The standard InChI is InChI=1S/C13H13NO3/c1-8-3-2-4-9-10(8)7-14-11(15)5-6-13(14,17)12(9)16/h2-4,17H,5-7H2,1H3. The molecule has 1 aromatic carbocycles. The minimum absolute atomic E-state index is 0.144. The van der Waals surface area contributed by atoms with Crippen molar-refractivity contribution in [3.63, 3.8) is 0 Å². The first kappa shape index (κ1) is 10.5. The van der Waals surface area contributed by atoms with Crippen LogP contribution in [0.25, 0.3) is 0 Å². The first-order chi connectivity index (χ1) is 8.04. The van der Waals surface area contributed by atoms with Crippen LogP contribution in [0.4, 0.5) is 0 Å². The van der Waals surface area contributed by atoms with Gasteiger partial charge in [0.15, 0.2) is 0 Å². The van der Waals surface area contributed by atoms with Crippen molar-refractivity contribution in [3.05, 3.63) is 34.9 Å². The number of aryl methyl sites for hydroxylation is 1. The number of benzene rings is 1. The van der Waals surface area contributed by atoms with Crippen LogP contribution in [0.1, 0.15) is 34.3 Å². The molecule has 17 heavy (non-hydrogen) atoms. The van der Waals surface area contributed by atoms with Crippen LogP contribution in [0.15, 0.2) is 18.2 Å². The molecule has 3 rings (SSSR count). The molecule has 2 aliphatic rings. The predicted molar refractivity (Wildman–Crippen MR) is 60.2 cm³/mol. The second-order valence-electron chi connectivity index (χ2n) is 4.73. The average molecular weight is 231 g/mol. The fourth-order valence-electron chi connectivity index (χ4n) is 2.71. The van der Waals surface area contributed by atoms with Crippen molar-refractivity contribution in [2.24, 2.45) is 0 Å². The fraction of sp³-hybridized carbons (Fsp3) is 0.385. The average Bonchev–Trinajstić information content (AvgIpc) is 2.60. The van der Waals surface area contributed by atoms with Gasteiger partial charge in [0.2, 0.25) is 17.4 Å². The molecule has 0 spiro atoms. The number of rotatable bonds is 0. The van der Waals surface area contributed by atoms with E-state index in [0.29, 0.717) is 12.1 Å². The highest BCUT2D eigenvalue weighted by atomic mass is 16.3. The minimum Gasteiger partial charge on any atom is -0.364 e. The molecule has 1 aromatic rings. The summed E-state index contributed by atoms with van der Waals surface area (Å²) in [4.78, 5) is 25.3. The lowest BCUT2D eigenvalue weighted by molar-refractivity contribution is -0.141. The third-order valence-electron chi connectivity index (χ3n) is 3.77. The third-order valence-corrected chi connectivity index (χ3v) is 3.77. The molecular formula is C13H13NO3. The third kappa shape index (κ3) is 1.21. The van der Waals surface area contributed by atoms with Gasteiger partial charge in [-0.05, 0) is 18.1 Å². The summed E-state index contributed by atoms with van der Waals surface area (Å²) in [5, 5.41) is 10.3. The Labute approximate surface area is 98.9 Å². The number of aliphatic hydroxyl groups is 1. The van der Waals surface area contributed by atoms with Gasteiger partial charge in [-0.2, -0.15) is 0 Å². The monoisotopic (exact) mass is 231 g/mol. The minimum atomic E-state index is -1.60. The zero-order valence-electron chi connectivity index (χ0n) is 9.56. The van der Waals surface area contributed by atoms with Crippen molar-refractivity contribution in [1.82, 2.24) is 4.90 Å². The normalized spacial score (nSPS) is 27.1. The number of fused-ring (bicyclic) bond motifs is 2.